The Labute approximate surface area is 77.2 Å². The van der Waals surface area contributed by atoms with Gasteiger partial charge in [0.05, 0.1) is 6.61 Å². The summed E-state index contributed by atoms with van der Waals surface area (Å²) < 4.78 is 26.9. The van der Waals surface area contributed by atoms with Gasteiger partial charge in [-0.15, -0.1) is 11.3 Å². The maximum absolute atomic E-state index is 13.2. The van der Waals surface area contributed by atoms with Crippen LogP contribution >= 0.6 is 11.3 Å². The van der Waals surface area contributed by atoms with Crippen LogP contribution in [0, 0.1) is 11.6 Å². The number of aliphatic hydroxyl groups is 1. The normalized spacial score (nSPS) is 11.0. The van der Waals surface area contributed by atoms with Crippen LogP contribution < -0.4 is 0 Å². The zero-order chi connectivity index (χ0) is 9.42. The number of benzene rings is 1. The molecule has 0 aliphatic carbocycles. The molecule has 0 bridgehead atoms. The number of fused-ring (bicyclic) bond motifs is 1. The number of hydrogen-bond donors (Lipinski definition) is 1. The summed E-state index contributed by atoms with van der Waals surface area (Å²) in [6, 6.07) is 3.00. The first kappa shape index (κ1) is 8.59. The van der Waals surface area contributed by atoms with Gasteiger partial charge in [0, 0.05) is 15.6 Å². The van der Waals surface area contributed by atoms with Gasteiger partial charge in [-0.2, -0.15) is 0 Å². The summed E-state index contributed by atoms with van der Waals surface area (Å²) in [5, 5.41) is 10.7. The highest BCUT2D eigenvalue weighted by Crippen LogP contribution is 2.27. The first-order chi connectivity index (χ1) is 6.24. The lowest BCUT2D eigenvalue weighted by Crippen LogP contribution is -1.93. The van der Waals surface area contributed by atoms with Crippen molar-refractivity contribution in [1.82, 2.24) is 0 Å². The van der Waals surface area contributed by atoms with Crippen molar-refractivity contribution >= 4 is 21.4 Å². The maximum atomic E-state index is 13.2. The van der Waals surface area contributed by atoms with Crippen LogP contribution in [0.3, 0.4) is 0 Å². The Morgan fingerprint density at radius 1 is 1.31 bits per heavy atom. The molecule has 13 heavy (non-hydrogen) atoms. The van der Waals surface area contributed by atoms with Gasteiger partial charge < -0.3 is 5.11 Å². The minimum Gasteiger partial charge on any atom is -0.392 e. The molecular formula is C9H6F2OS. The Kier molecular flexibility index (Phi) is 2.01. The molecule has 68 valence electrons. The zero-order valence-corrected chi connectivity index (χ0v) is 7.37. The summed E-state index contributed by atoms with van der Waals surface area (Å²) in [6.07, 6.45) is 0. The molecule has 0 aliphatic heterocycles. The van der Waals surface area contributed by atoms with Gasteiger partial charge in [-0.1, -0.05) is 0 Å². The van der Waals surface area contributed by atoms with Crippen LogP contribution in [0.1, 0.15) is 5.56 Å². The van der Waals surface area contributed by atoms with E-state index in [0.29, 0.717) is 4.70 Å². The summed E-state index contributed by atoms with van der Waals surface area (Å²) in [6.45, 7) is -0.476. The number of hydrogen-bond acceptors (Lipinski definition) is 2. The minimum absolute atomic E-state index is 0.00690. The zero-order valence-electron chi connectivity index (χ0n) is 6.55. The molecule has 1 aromatic carbocycles. The number of thiophene rings is 1. The molecule has 4 heteroatoms. The van der Waals surface area contributed by atoms with E-state index in [4.69, 9.17) is 5.11 Å². The predicted octanol–water partition coefficient (Wildman–Crippen LogP) is 2.67. The van der Waals surface area contributed by atoms with Crippen LogP contribution in [0.15, 0.2) is 17.5 Å². The molecule has 0 aliphatic rings. The fourth-order valence-corrected chi connectivity index (χ4v) is 2.06. The van der Waals surface area contributed by atoms with Gasteiger partial charge >= 0.3 is 0 Å². The Hall–Kier alpha value is -1.00. The molecule has 2 aromatic rings. The largest absolute Gasteiger partial charge is 0.392 e. The molecule has 0 radical (unpaired) electrons. The van der Waals surface area contributed by atoms with E-state index in [1.165, 1.54) is 23.5 Å². The Bertz CT molecular complexity index is 450. The molecule has 0 amide bonds. The van der Waals surface area contributed by atoms with Crippen molar-refractivity contribution in [2.45, 2.75) is 6.61 Å². The van der Waals surface area contributed by atoms with Crippen LogP contribution in [0.2, 0.25) is 0 Å². The Morgan fingerprint density at radius 3 is 2.77 bits per heavy atom. The number of aliphatic hydroxyl groups excluding tert-OH is 1. The molecule has 1 aromatic heterocycles. The third-order valence-electron chi connectivity index (χ3n) is 1.88. The number of halogens is 2. The predicted molar refractivity (Wildman–Crippen MR) is 47.7 cm³/mol. The molecule has 0 saturated heterocycles. The standard InChI is InChI=1S/C9H6F2OS/c10-8-5(4-12)3-7-6(9(8)11)1-2-13-7/h1-3,12H,4H2. The van der Waals surface area contributed by atoms with Crippen LogP contribution in [0.4, 0.5) is 8.78 Å². The summed E-state index contributed by atoms with van der Waals surface area (Å²) in [4.78, 5) is 0. The van der Waals surface area contributed by atoms with E-state index >= 15 is 0 Å². The SMILES string of the molecule is OCc1cc2sccc2c(F)c1F. The van der Waals surface area contributed by atoms with Crippen molar-refractivity contribution in [3.05, 3.63) is 34.7 Å². The summed E-state index contributed by atoms with van der Waals surface area (Å²) in [7, 11) is 0. The van der Waals surface area contributed by atoms with E-state index in [-0.39, 0.29) is 10.9 Å². The van der Waals surface area contributed by atoms with E-state index in [0.717, 1.165) is 0 Å². The first-order valence-electron chi connectivity index (χ1n) is 3.69. The number of rotatable bonds is 1. The third kappa shape index (κ3) is 1.22. The van der Waals surface area contributed by atoms with Crippen LogP contribution in [0.25, 0.3) is 10.1 Å². The second kappa shape index (κ2) is 3.05. The fraction of sp³-hybridized carbons (Fsp3) is 0.111. The molecule has 0 unspecified atom stereocenters. The van der Waals surface area contributed by atoms with Crippen molar-refractivity contribution in [1.29, 1.82) is 0 Å². The molecule has 0 fully saturated rings. The van der Waals surface area contributed by atoms with Gasteiger partial charge in [0.2, 0.25) is 0 Å². The molecule has 0 spiro atoms. The van der Waals surface area contributed by atoms with Crippen molar-refractivity contribution in [3.8, 4) is 0 Å². The molecular weight excluding hydrogens is 194 g/mol. The average molecular weight is 200 g/mol. The second-order valence-electron chi connectivity index (χ2n) is 2.65. The molecule has 0 saturated carbocycles. The second-order valence-corrected chi connectivity index (χ2v) is 3.60. The topological polar surface area (TPSA) is 20.2 Å². The molecule has 1 heterocycles. The Balaban J connectivity index is 2.83. The van der Waals surface area contributed by atoms with Gasteiger partial charge in [-0.25, -0.2) is 8.78 Å². The van der Waals surface area contributed by atoms with E-state index in [2.05, 4.69) is 0 Å². The minimum atomic E-state index is -0.951. The lowest BCUT2D eigenvalue weighted by atomic mass is 10.1. The van der Waals surface area contributed by atoms with Crippen LogP contribution in [0.5, 0.6) is 0 Å². The highest BCUT2D eigenvalue weighted by molar-refractivity contribution is 7.17. The van der Waals surface area contributed by atoms with Crippen molar-refractivity contribution in [3.63, 3.8) is 0 Å². The third-order valence-corrected chi connectivity index (χ3v) is 2.75. The molecule has 0 atom stereocenters. The molecule has 1 nitrogen and oxygen atoms in total. The Morgan fingerprint density at radius 2 is 2.08 bits per heavy atom. The average Bonchev–Trinajstić information content (AvgIpc) is 2.59. The van der Waals surface area contributed by atoms with Crippen molar-refractivity contribution in [2.75, 3.05) is 0 Å². The highest BCUT2D eigenvalue weighted by Gasteiger charge is 2.12. The lowest BCUT2D eigenvalue weighted by molar-refractivity contribution is 0.274. The van der Waals surface area contributed by atoms with Gasteiger partial charge in [0.25, 0.3) is 0 Å². The van der Waals surface area contributed by atoms with Gasteiger partial charge in [-0.3, -0.25) is 0 Å². The van der Waals surface area contributed by atoms with Crippen LogP contribution in [-0.2, 0) is 6.61 Å². The van der Waals surface area contributed by atoms with E-state index in [1.54, 1.807) is 5.38 Å². The summed E-state index contributed by atoms with van der Waals surface area (Å²) in [5.74, 6) is -1.82. The molecule has 2 rings (SSSR count). The van der Waals surface area contributed by atoms with Crippen molar-refractivity contribution in [2.24, 2.45) is 0 Å². The molecule has 1 N–H and O–H groups in total. The fourth-order valence-electron chi connectivity index (χ4n) is 1.21. The van der Waals surface area contributed by atoms with E-state index in [9.17, 15) is 8.78 Å². The summed E-state index contributed by atoms with van der Waals surface area (Å²) in [5.41, 5.74) is 0.00690. The van der Waals surface area contributed by atoms with Gasteiger partial charge in [-0.05, 0) is 17.5 Å². The first-order valence-corrected chi connectivity index (χ1v) is 4.57. The summed E-state index contributed by atoms with van der Waals surface area (Å²) >= 11 is 1.32. The van der Waals surface area contributed by atoms with Gasteiger partial charge in [0.1, 0.15) is 0 Å². The van der Waals surface area contributed by atoms with E-state index < -0.39 is 18.2 Å². The van der Waals surface area contributed by atoms with Crippen molar-refractivity contribution < 1.29 is 13.9 Å². The smallest absolute Gasteiger partial charge is 0.167 e. The highest BCUT2D eigenvalue weighted by atomic mass is 32.1. The van der Waals surface area contributed by atoms with Crippen LogP contribution in [-0.4, -0.2) is 5.11 Å². The van der Waals surface area contributed by atoms with Gasteiger partial charge in [0.15, 0.2) is 11.6 Å². The van der Waals surface area contributed by atoms with E-state index in [1.807, 2.05) is 0 Å². The maximum Gasteiger partial charge on any atom is 0.167 e. The monoisotopic (exact) mass is 200 g/mol. The quantitative estimate of drug-likeness (QED) is 0.750. The lowest BCUT2D eigenvalue weighted by Gasteiger charge is -2.00.